The number of carbonyl (C=O) groups is 1. The largest absolute Gasteiger partial charge is 0.573 e. The molecule has 0 bridgehead atoms. The predicted molar refractivity (Wildman–Crippen MR) is 69.7 cm³/mol. The normalized spacial score (nSPS) is 11.0. The summed E-state index contributed by atoms with van der Waals surface area (Å²) in [6, 6.07) is 7.99. The number of nitrogens with one attached hydrogen (secondary N) is 1. The summed E-state index contributed by atoms with van der Waals surface area (Å²) in [5.74, 6) is -1.21. The molecule has 5 nitrogen and oxygen atoms in total. The fraction of sp³-hybridized carbons (Fsp3) is 0.0769. The van der Waals surface area contributed by atoms with Crippen molar-refractivity contribution >= 4 is 17.3 Å². The highest BCUT2D eigenvalue weighted by Crippen LogP contribution is 2.30. The molecule has 1 heterocycles. The minimum atomic E-state index is -4.85. The first kappa shape index (κ1) is 14.6. The molecule has 21 heavy (non-hydrogen) atoms. The first-order valence-electron chi connectivity index (χ1n) is 5.73. The van der Waals surface area contributed by atoms with Gasteiger partial charge < -0.3 is 15.8 Å². The first-order valence-corrected chi connectivity index (χ1v) is 5.73. The van der Waals surface area contributed by atoms with Gasteiger partial charge in [-0.1, -0.05) is 12.1 Å². The number of hydrogen-bond acceptors (Lipinski definition) is 4. The molecule has 0 aliphatic carbocycles. The van der Waals surface area contributed by atoms with E-state index in [4.69, 9.17) is 5.73 Å². The van der Waals surface area contributed by atoms with Crippen LogP contribution in [0.3, 0.4) is 0 Å². The number of amides is 1. The second kappa shape index (κ2) is 5.70. The number of para-hydroxylation sites is 2. The highest BCUT2D eigenvalue weighted by molar-refractivity contribution is 6.04. The summed E-state index contributed by atoms with van der Waals surface area (Å²) in [5.41, 5.74) is 5.69. The molecule has 0 saturated carbocycles. The van der Waals surface area contributed by atoms with Crippen LogP contribution >= 0.6 is 0 Å². The smallest absolute Gasteiger partial charge is 0.404 e. The van der Waals surface area contributed by atoms with Crippen molar-refractivity contribution in [3.8, 4) is 5.75 Å². The maximum Gasteiger partial charge on any atom is 0.573 e. The monoisotopic (exact) mass is 297 g/mol. The van der Waals surface area contributed by atoms with E-state index in [1.807, 2.05) is 0 Å². The highest BCUT2D eigenvalue weighted by atomic mass is 19.4. The van der Waals surface area contributed by atoms with Crippen LogP contribution in [0.25, 0.3) is 0 Å². The van der Waals surface area contributed by atoms with E-state index in [-0.39, 0.29) is 11.4 Å². The Bertz CT molecular complexity index is 659. The Morgan fingerprint density at radius 2 is 1.95 bits per heavy atom. The Kier molecular flexibility index (Phi) is 3.97. The van der Waals surface area contributed by atoms with Gasteiger partial charge in [-0.25, -0.2) is 0 Å². The van der Waals surface area contributed by atoms with Gasteiger partial charge in [0.05, 0.1) is 5.69 Å². The number of benzene rings is 1. The lowest BCUT2D eigenvalue weighted by Crippen LogP contribution is -2.20. The molecule has 2 aromatic rings. The van der Waals surface area contributed by atoms with Gasteiger partial charge in [0.2, 0.25) is 0 Å². The lowest BCUT2D eigenvalue weighted by Gasteiger charge is -2.13. The first-order chi connectivity index (χ1) is 9.85. The van der Waals surface area contributed by atoms with Crippen LogP contribution in [0.1, 0.15) is 10.5 Å². The number of anilines is 2. The number of halogens is 3. The highest BCUT2D eigenvalue weighted by Gasteiger charge is 2.32. The van der Waals surface area contributed by atoms with Crippen LogP contribution in [0.5, 0.6) is 5.75 Å². The third-order valence-electron chi connectivity index (χ3n) is 2.38. The van der Waals surface area contributed by atoms with E-state index < -0.39 is 18.0 Å². The van der Waals surface area contributed by atoms with Crippen LogP contribution in [0.2, 0.25) is 0 Å². The molecular weight excluding hydrogens is 287 g/mol. The third-order valence-corrected chi connectivity index (χ3v) is 2.38. The van der Waals surface area contributed by atoms with Crippen LogP contribution in [-0.4, -0.2) is 17.3 Å². The van der Waals surface area contributed by atoms with Crippen molar-refractivity contribution in [2.75, 3.05) is 11.1 Å². The fourth-order valence-electron chi connectivity index (χ4n) is 1.54. The molecule has 0 unspecified atom stereocenters. The number of nitrogens with zero attached hydrogens (tertiary/aromatic N) is 1. The summed E-state index contributed by atoms with van der Waals surface area (Å²) >= 11 is 0. The number of nitrogens with two attached hydrogens (primary N) is 1. The van der Waals surface area contributed by atoms with Crippen molar-refractivity contribution in [2.45, 2.75) is 6.36 Å². The molecule has 1 amide bonds. The number of rotatable bonds is 3. The van der Waals surface area contributed by atoms with E-state index in [0.29, 0.717) is 5.69 Å². The lowest BCUT2D eigenvalue weighted by molar-refractivity contribution is -0.274. The maximum absolute atomic E-state index is 12.3. The van der Waals surface area contributed by atoms with Crippen LogP contribution in [-0.2, 0) is 0 Å². The van der Waals surface area contributed by atoms with Gasteiger partial charge in [0.15, 0.2) is 5.75 Å². The van der Waals surface area contributed by atoms with Gasteiger partial charge in [0.25, 0.3) is 5.91 Å². The molecule has 0 saturated heterocycles. The average molecular weight is 297 g/mol. The zero-order valence-corrected chi connectivity index (χ0v) is 10.5. The van der Waals surface area contributed by atoms with E-state index in [0.717, 1.165) is 6.07 Å². The number of nitrogen functional groups attached to an aromatic ring is 1. The molecule has 0 aliphatic heterocycles. The van der Waals surface area contributed by atoms with Gasteiger partial charge >= 0.3 is 6.36 Å². The molecule has 0 radical (unpaired) electrons. The molecule has 0 spiro atoms. The van der Waals surface area contributed by atoms with Gasteiger partial charge in [-0.15, -0.1) is 13.2 Å². The third kappa shape index (κ3) is 4.10. The molecule has 3 N–H and O–H groups in total. The summed E-state index contributed by atoms with van der Waals surface area (Å²) in [7, 11) is 0. The average Bonchev–Trinajstić information content (AvgIpc) is 2.39. The molecule has 1 aromatic carbocycles. The van der Waals surface area contributed by atoms with Gasteiger partial charge in [0.1, 0.15) is 5.69 Å². The quantitative estimate of drug-likeness (QED) is 0.913. The predicted octanol–water partition coefficient (Wildman–Crippen LogP) is 2.81. The zero-order chi connectivity index (χ0) is 15.5. The van der Waals surface area contributed by atoms with Gasteiger partial charge in [0, 0.05) is 11.9 Å². The molecule has 0 aliphatic rings. The number of alkyl halides is 3. The summed E-state index contributed by atoms with van der Waals surface area (Å²) in [5, 5.41) is 2.29. The molecule has 0 atom stereocenters. The topological polar surface area (TPSA) is 77.2 Å². The summed E-state index contributed by atoms with van der Waals surface area (Å²) in [6.45, 7) is 0. The minimum Gasteiger partial charge on any atom is -0.404 e. The number of hydrogen-bond donors (Lipinski definition) is 2. The van der Waals surface area contributed by atoms with E-state index in [1.54, 1.807) is 0 Å². The van der Waals surface area contributed by atoms with Crippen LogP contribution in [0, 0.1) is 0 Å². The molecule has 2 rings (SSSR count). The van der Waals surface area contributed by atoms with Crippen LogP contribution < -0.4 is 15.8 Å². The lowest BCUT2D eigenvalue weighted by atomic mass is 10.2. The van der Waals surface area contributed by atoms with Gasteiger partial charge in [-0.05, 0) is 24.3 Å². The van der Waals surface area contributed by atoms with Crippen molar-refractivity contribution in [1.29, 1.82) is 0 Å². The molecular formula is C13H10F3N3O2. The van der Waals surface area contributed by atoms with E-state index in [1.165, 1.54) is 36.5 Å². The molecule has 1 aromatic heterocycles. The van der Waals surface area contributed by atoms with E-state index >= 15 is 0 Å². The fourth-order valence-corrected chi connectivity index (χ4v) is 1.54. The zero-order valence-electron chi connectivity index (χ0n) is 10.5. The van der Waals surface area contributed by atoms with Crippen molar-refractivity contribution in [1.82, 2.24) is 4.98 Å². The van der Waals surface area contributed by atoms with Gasteiger partial charge in [-0.2, -0.15) is 0 Å². The Hall–Kier alpha value is -2.77. The summed E-state index contributed by atoms with van der Waals surface area (Å²) < 4.78 is 40.6. The van der Waals surface area contributed by atoms with Crippen molar-refractivity contribution in [3.63, 3.8) is 0 Å². The van der Waals surface area contributed by atoms with Crippen LogP contribution in [0.15, 0.2) is 42.6 Å². The second-order valence-corrected chi connectivity index (χ2v) is 3.97. The number of aromatic nitrogens is 1. The Morgan fingerprint density at radius 3 is 2.62 bits per heavy atom. The van der Waals surface area contributed by atoms with E-state index in [2.05, 4.69) is 15.0 Å². The summed E-state index contributed by atoms with van der Waals surface area (Å²) in [4.78, 5) is 15.7. The SMILES string of the molecule is Nc1ccnc(C(=O)Nc2ccccc2OC(F)(F)F)c1. The Morgan fingerprint density at radius 1 is 1.24 bits per heavy atom. The molecule has 8 heteroatoms. The molecule has 110 valence electrons. The number of ether oxygens (including phenoxy) is 1. The van der Waals surface area contributed by atoms with Crippen molar-refractivity contribution < 1.29 is 22.7 Å². The maximum atomic E-state index is 12.3. The van der Waals surface area contributed by atoms with Crippen molar-refractivity contribution in [3.05, 3.63) is 48.3 Å². The van der Waals surface area contributed by atoms with E-state index in [9.17, 15) is 18.0 Å². The second-order valence-electron chi connectivity index (χ2n) is 3.97. The minimum absolute atomic E-state index is 0.0168. The standard InChI is InChI=1S/C13H10F3N3O2/c14-13(15,16)21-11-4-2-1-3-9(11)19-12(20)10-7-8(17)5-6-18-10/h1-7H,(H2,17,18)(H,19,20). The van der Waals surface area contributed by atoms with Crippen molar-refractivity contribution in [2.24, 2.45) is 0 Å². The summed E-state index contributed by atoms with van der Waals surface area (Å²) in [6.07, 6.45) is -3.53. The van der Waals surface area contributed by atoms with Gasteiger partial charge in [-0.3, -0.25) is 9.78 Å². The Labute approximate surface area is 117 Å². The van der Waals surface area contributed by atoms with Crippen LogP contribution in [0.4, 0.5) is 24.5 Å². The number of pyridine rings is 1. The molecule has 0 fully saturated rings. The Balaban J connectivity index is 2.22. The number of carbonyl (C=O) groups excluding carboxylic acids is 1.